The molecule has 0 amide bonds. The van der Waals surface area contributed by atoms with E-state index in [1.807, 2.05) is 0 Å². The Balaban J connectivity index is 1.79. The fourth-order valence-electron chi connectivity index (χ4n) is 2.41. The van der Waals surface area contributed by atoms with E-state index >= 15 is 0 Å². The molecule has 0 unspecified atom stereocenters. The first-order valence-electron chi connectivity index (χ1n) is 8.26. The van der Waals surface area contributed by atoms with Gasteiger partial charge < -0.3 is 9.15 Å². The molecule has 0 aliphatic carbocycles. The lowest BCUT2D eigenvalue weighted by molar-refractivity contribution is 0.0730. The third-order valence-corrected chi connectivity index (χ3v) is 6.62. The highest BCUT2D eigenvalue weighted by molar-refractivity contribution is 7.99. The number of sulfonamides is 1. The third kappa shape index (κ3) is 4.41. The Labute approximate surface area is 151 Å². The number of benzene rings is 1. The van der Waals surface area contributed by atoms with Gasteiger partial charge in [0.2, 0.25) is 15.9 Å². The molecule has 2 aromatic rings. The zero-order valence-corrected chi connectivity index (χ0v) is 15.7. The average Bonchev–Trinajstić information content (AvgIpc) is 3.12. The molecular formula is C16H21N3O4S2. The summed E-state index contributed by atoms with van der Waals surface area (Å²) in [5, 5.41) is 8.56. The maximum atomic E-state index is 12.7. The predicted octanol–water partition coefficient (Wildman–Crippen LogP) is 2.65. The number of nitrogens with zero attached hydrogens (tertiary/aromatic N) is 3. The molecule has 0 atom stereocenters. The summed E-state index contributed by atoms with van der Waals surface area (Å²) >= 11 is 1.51. The zero-order chi connectivity index (χ0) is 17.7. The number of thioether (sulfide) groups is 1. The number of rotatable bonds is 7. The molecule has 0 bridgehead atoms. The van der Waals surface area contributed by atoms with Crippen molar-refractivity contribution in [3.05, 3.63) is 24.3 Å². The topological polar surface area (TPSA) is 85.5 Å². The van der Waals surface area contributed by atoms with E-state index in [0.717, 1.165) is 18.6 Å². The van der Waals surface area contributed by atoms with Crippen molar-refractivity contribution in [3.8, 4) is 11.5 Å². The molecule has 1 aromatic heterocycles. The van der Waals surface area contributed by atoms with Gasteiger partial charge in [-0.25, -0.2) is 8.42 Å². The second kappa shape index (κ2) is 8.31. The first-order valence-corrected chi connectivity index (χ1v) is 10.7. The van der Waals surface area contributed by atoms with Gasteiger partial charge in [-0.05, 0) is 24.6 Å². The summed E-state index contributed by atoms with van der Waals surface area (Å²) < 4.78 is 37.8. The molecule has 3 rings (SSSR count). The van der Waals surface area contributed by atoms with Crippen molar-refractivity contribution in [2.24, 2.45) is 0 Å². The first-order chi connectivity index (χ1) is 12.1. The van der Waals surface area contributed by atoms with Crippen LogP contribution in [0.3, 0.4) is 0 Å². The van der Waals surface area contributed by atoms with Crippen molar-refractivity contribution in [2.75, 3.05) is 32.1 Å². The Morgan fingerprint density at radius 1 is 1.24 bits per heavy atom. The maximum Gasteiger partial charge on any atom is 0.276 e. The van der Waals surface area contributed by atoms with Crippen molar-refractivity contribution in [1.82, 2.24) is 14.5 Å². The van der Waals surface area contributed by atoms with Crippen LogP contribution in [-0.2, 0) is 14.8 Å². The zero-order valence-electron chi connectivity index (χ0n) is 14.1. The van der Waals surface area contributed by atoms with Crippen LogP contribution in [0.2, 0.25) is 0 Å². The lowest BCUT2D eigenvalue weighted by Gasteiger charge is -2.26. The molecule has 25 heavy (non-hydrogen) atoms. The lowest BCUT2D eigenvalue weighted by Crippen LogP contribution is -2.40. The van der Waals surface area contributed by atoms with Gasteiger partial charge in [-0.2, -0.15) is 4.31 Å². The number of aromatic nitrogens is 2. The van der Waals surface area contributed by atoms with Gasteiger partial charge in [-0.15, -0.1) is 10.2 Å². The van der Waals surface area contributed by atoms with Gasteiger partial charge in [0.25, 0.3) is 5.22 Å². The SMILES string of the molecule is CCCCSc1nnc(-c2cccc(S(=O)(=O)N3CCOCC3)c2)o1. The van der Waals surface area contributed by atoms with Crippen molar-refractivity contribution in [2.45, 2.75) is 29.9 Å². The highest BCUT2D eigenvalue weighted by Gasteiger charge is 2.26. The van der Waals surface area contributed by atoms with Crippen LogP contribution in [0.1, 0.15) is 19.8 Å². The van der Waals surface area contributed by atoms with Gasteiger partial charge in [0.05, 0.1) is 18.1 Å². The van der Waals surface area contributed by atoms with E-state index in [1.54, 1.807) is 24.3 Å². The molecular weight excluding hydrogens is 362 g/mol. The van der Waals surface area contributed by atoms with E-state index in [2.05, 4.69) is 17.1 Å². The monoisotopic (exact) mass is 383 g/mol. The molecule has 0 radical (unpaired) electrons. The highest BCUT2D eigenvalue weighted by Crippen LogP contribution is 2.26. The minimum atomic E-state index is -3.55. The smallest absolute Gasteiger partial charge is 0.276 e. The Kier molecular flexibility index (Phi) is 6.10. The molecule has 0 spiro atoms. The Hall–Kier alpha value is -1.42. The standard InChI is InChI=1S/C16H21N3O4S2/c1-2-3-11-24-16-18-17-15(23-16)13-5-4-6-14(12-13)25(20,21)19-7-9-22-10-8-19/h4-6,12H,2-3,7-11H2,1H3. The van der Waals surface area contributed by atoms with Crippen LogP contribution in [0.4, 0.5) is 0 Å². The number of hydrogen-bond acceptors (Lipinski definition) is 7. The van der Waals surface area contributed by atoms with Crippen LogP contribution in [0, 0.1) is 0 Å². The largest absolute Gasteiger partial charge is 0.411 e. The molecule has 1 aliphatic heterocycles. The summed E-state index contributed by atoms with van der Waals surface area (Å²) in [6.45, 7) is 3.69. The summed E-state index contributed by atoms with van der Waals surface area (Å²) in [5.41, 5.74) is 0.601. The average molecular weight is 383 g/mol. The molecule has 1 fully saturated rings. The van der Waals surface area contributed by atoms with E-state index in [1.165, 1.54) is 16.1 Å². The van der Waals surface area contributed by atoms with Crippen LogP contribution < -0.4 is 0 Å². The van der Waals surface area contributed by atoms with Crippen molar-refractivity contribution in [3.63, 3.8) is 0 Å². The Morgan fingerprint density at radius 2 is 2.04 bits per heavy atom. The molecule has 2 heterocycles. The van der Waals surface area contributed by atoms with E-state index in [-0.39, 0.29) is 4.90 Å². The minimum absolute atomic E-state index is 0.227. The summed E-state index contributed by atoms with van der Waals surface area (Å²) in [7, 11) is -3.55. The van der Waals surface area contributed by atoms with Crippen molar-refractivity contribution < 1.29 is 17.6 Å². The van der Waals surface area contributed by atoms with Crippen molar-refractivity contribution in [1.29, 1.82) is 0 Å². The second-order valence-electron chi connectivity index (χ2n) is 5.62. The van der Waals surface area contributed by atoms with Crippen LogP contribution in [0.5, 0.6) is 0 Å². The molecule has 7 nitrogen and oxygen atoms in total. The molecule has 1 saturated heterocycles. The van der Waals surface area contributed by atoms with Gasteiger partial charge in [0.1, 0.15) is 0 Å². The van der Waals surface area contributed by atoms with Crippen LogP contribution >= 0.6 is 11.8 Å². The summed E-state index contributed by atoms with van der Waals surface area (Å²) in [6, 6.07) is 6.63. The molecule has 0 saturated carbocycles. The fourth-order valence-corrected chi connectivity index (χ4v) is 4.71. The third-order valence-electron chi connectivity index (χ3n) is 3.82. The van der Waals surface area contributed by atoms with Gasteiger partial charge >= 0.3 is 0 Å². The normalized spacial score (nSPS) is 16.2. The summed E-state index contributed by atoms with van der Waals surface area (Å²) in [4.78, 5) is 0.227. The molecule has 136 valence electrons. The maximum absolute atomic E-state index is 12.7. The van der Waals surface area contributed by atoms with Gasteiger partial charge in [-0.1, -0.05) is 31.2 Å². The fraction of sp³-hybridized carbons (Fsp3) is 0.500. The minimum Gasteiger partial charge on any atom is -0.411 e. The molecule has 0 N–H and O–H groups in total. The van der Waals surface area contributed by atoms with E-state index in [4.69, 9.17) is 9.15 Å². The lowest BCUT2D eigenvalue weighted by atomic mass is 10.2. The predicted molar refractivity (Wildman–Crippen MR) is 94.9 cm³/mol. The quantitative estimate of drug-likeness (QED) is 0.537. The summed E-state index contributed by atoms with van der Waals surface area (Å²) in [6.07, 6.45) is 2.19. The Bertz CT molecular complexity index is 801. The van der Waals surface area contributed by atoms with E-state index < -0.39 is 10.0 Å². The molecule has 1 aromatic carbocycles. The molecule has 9 heteroatoms. The number of hydrogen-bond donors (Lipinski definition) is 0. The van der Waals surface area contributed by atoms with Crippen LogP contribution in [0.15, 0.2) is 38.8 Å². The first kappa shape index (κ1) is 18.4. The van der Waals surface area contributed by atoms with Crippen LogP contribution in [-0.4, -0.2) is 55.0 Å². The summed E-state index contributed by atoms with van der Waals surface area (Å²) in [5.74, 6) is 1.25. The highest BCUT2D eigenvalue weighted by atomic mass is 32.2. The van der Waals surface area contributed by atoms with E-state index in [0.29, 0.717) is 43.0 Å². The number of unbranched alkanes of at least 4 members (excludes halogenated alkanes) is 1. The van der Waals surface area contributed by atoms with Gasteiger partial charge in [0, 0.05) is 24.4 Å². The second-order valence-corrected chi connectivity index (χ2v) is 8.60. The molecule has 1 aliphatic rings. The Morgan fingerprint density at radius 3 is 2.80 bits per heavy atom. The number of morpholine rings is 1. The van der Waals surface area contributed by atoms with Gasteiger partial charge in [0.15, 0.2) is 0 Å². The van der Waals surface area contributed by atoms with Crippen LogP contribution in [0.25, 0.3) is 11.5 Å². The van der Waals surface area contributed by atoms with Crippen molar-refractivity contribution >= 4 is 21.8 Å². The number of ether oxygens (including phenoxy) is 1. The van der Waals surface area contributed by atoms with Gasteiger partial charge in [-0.3, -0.25) is 0 Å². The van der Waals surface area contributed by atoms with E-state index in [9.17, 15) is 8.42 Å².